The fraction of sp³-hybridized carbons (Fsp3) is 1.00. The third kappa shape index (κ3) is 4.63. The van der Waals surface area contributed by atoms with Crippen LogP contribution in [-0.2, 0) is 0 Å². The summed E-state index contributed by atoms with van der Waals surface area (Å²) < 4.78 is 0. The van der Waals surface area contributed by atoms with Crippen molar-refractivity contribution >= 4 is 0 Å². The molecule has 0 bridgehead atoms. The van der Waals surface area contributed by atoms with Gasteiger partial charge >= 0.3 is 0 Å². The van der Waals surface area contributed by atoms with Gasteiger partial charge in [0.2, 0.25) is 0 Å². The smallest absolute Gasteiger partial charge is 0.0555 e. The lowest BCUT2D eigenvalue weighted by molar-refractivity contribution is 0.112. The Morgan fingerprint density at radius 1 is 1.38 bits per heavy atom. The van der Waals surface area contributed by atoms with E-state index in [0.717, 1.165) is 25.3 Å². The van der Waals surface area contributed by atoms with Gasteiger partial charge in [0.15, 0.2) is 0 Å². The normalized spacial score (nSPS) is 29.5. The molecule has 2 nitrogen and oxygen atoms in total. The van der Waals surface area contributed by atoms with Crippen molar-refractivity contribution in [2.24, 2.45) is 5.92 Å². The summed E-state index contributed by atoms with van der Waals surface area (Å²) in [4.78, 5) is 0. The van der Waals surface area contributed by atoms with Crippen LogP contribution in [0.25, 0.3) is 0 Å². The largest absolute Gasteiger partial charge is 0.393 e. The number of hydrogen-bond acceptors (Lipinski definition) is 2. The van der Waals surface area contributed by atoms with Gasteiger partial charge in [-0.3, -0.25) is 0 Å². The van der Waals surface area contributed by atoms with Crippen LogP contribution in [0.1, 0.15) is 46.0 Å². The molecule has 1 aliphatic carbocycles. The molecule has 0 heterocycles. The van der Waals surface area contributed by atoms with Crippen molar-refractivity contribution in [3.63, 3.8) is 0 Å². The maximum atomic E-state index is 9.45. The van der Waals surface area contributed by atoms with Gasteiger partial charge in [0, 0.05) is 6.04 Å². The molecule has 78 valence electrons. The van der Waals surface area contributed by atoms with Crippen LogP contribution < -0.4 is 5.32 Å². The average Bonchev–Trinajstić information content (AvgIpc) is 2.03. The fourth-order valence-corrected chi connectivity index (χ4v) is 1.93. The van der Waals surface area contributed by atoms with E-state index >= 15 is 0 Å². The Morgan fingerprint density at radius 2 is 2.15 bits per heavy atom. The maximum absolute atomic E-state index is 9.45. The molecular weight excluding hydrogens is 162 g/mol. The molecule has 1 rings (SSSR count). The summed E-state index contributed by atoms with van der Waals surface area (Å²) in [6.45, 7) is 5.60. The van der Waals surface area contributed by atoms with E-state index in [1.165, 1.54) is 19.3 Å². The van der Waals surface area contributed by atoms with Crippen molar-refractivity contribution < 1.29 is 5.11 Å². The molecule has 2 atom stereocenters. The lowest BCUT2D eigenvalue weighted by atomic mass is 9.93. The molecule has 2 unspecified atom stereocenters. The molecule has 0 aromatic carbocycles. The molecule has 1 aliphatic rings. The van der Waals surface area contributed by atoms with Crippen molar-refractivity contribution in [3.05, 3.63) is 0 Å². The van der Waals surface area contributed by atoms with Gasteiger partial charge in [-0.15, -0.1) is 0 Å². The summed E-state index contributed by atoms with van der Waals surface area (Å²) in [6.07, 6.45) is 5.58. The van der Waals surface area contributed by atoms with Crippen molar-refractivity contribution in [2.45, 2.75) is 58.1 Å². The van der Waals surface area contributed by atoms with Crippen LogP contribution in [0.5, 0.6) is 0 Å². The molecular formula is C11H23NO. The second kappa shape index (κ2) is 5.61. The monoisotopic (exact) mass is 185 g/mol. The van der Waals surface area contributed by atoms with Gasteiger partial charge in [0.05, 0.1) is 6.10 Å². The van der Waals surface area contributed by atoms with E-state index in [0.29, 0.717) is 6.04 Å². The van der Waals surface area contributed by atoms with Crippen LogP contribution in [0.4, 0.5) is 0 Å². The van der Waals surface area contributed by atoms with Crippen LogP contribution in [0.15, 0.2) is 0 Å². The van der Waals surface area contributed by atoms with E-state index in [4.69, 9.17) is 0 Å². The lowest BCUT2D eigenvalue weighted by Crippen LogP contribution is -2.36. The highest BCUT2D eigenvalue weighted by atomic mass is 16.3. The Morgan fingerprint density at radius 3 is 2.77 bits per heavy atom. The van der Waals surface area contributed by atoms with E-state index in [9.17, 15) is 5.11 Å². The first-order valence-electron chi connectivity index (χ1n) is 5.60. The summed E-state index contributed by atoms with van der Waals surface area (Å²) in [6, 6.07) is 0.572. The first-order valence-corrected chi connectivity index (χ1v) is 5.60. The fourth-order valence-electron chi connectivity index (χ4n) is 1.93. The van der Waals surface area contributed by atoms with Gasteiger partial charge in [-0.05, 0) is 44.6 Å². The molecule has 13 heavy (non-hydrogen) atoms. The minimum Gasteiger partial charge on any atom is -0.393 e. The predicted octanol–water partition coefficient (Wildman–Crippen LogP) is 1.93. The van der Waals surface area contributed by atoms with E-state index in [2.05, 4.69) is 19.2 Å². The number of rotatable bonds is 4. The van der Waals surface area contributed by atoms with Crippen LogP contribution in [0, 0.1) is 5.92 Å². The predicted molar refractivity (Wildman–Crippen MR) is 55.7 cm³/mol. The highest BCUT2D eigenvalue weighted by Gasteiger charge is 2.18. The Bertz CT molecular complexity index is 136. The van der Waals surface area contributed by atoms with Crippen LogP contribution >= 0.6 is 0 Å². The van der Waals surface area contributed by atoms with Crippen molar-refractivity contribution in [1.82, 2.24) is 5.32 Å². The lowest BCUT2D eigenvalue weighted by Gasteiger charge is -2.27. The molecule has 0 radical (unpaired) electrons. The highest BCUT2D eigenvalue weighted by Crippen LogP contribution is 2.18. The summed E-state index contributed by atoms with van der Waals surface area (Å²) in [7, 11) is 0. The zero-order valence-corrected chi connectivity index (χ0v) is 8.92. The molecule has 0 aromatic rings. The molecule has 0 aromatic heterocycles. The van der Waals surface area contributed by atoms with Gasteiger partial charge < -0.3 is 10.4 Å². The Kier molecular flexibility index (Phi) is 4.74. The molecule has 1 fully saturated rings. The quantitative estimate of drug-likeness (QED) is 0.701. The van der Waals surface area contributed by atoms with E-state index in [1.807, 2.05) is 0 Å². The first kappa shape index (κ1) is 11.0. The van der Waals surface area contributed by atoms with Gasteiger partial charge in [-0.1, -0.05) is 13.8 Å². The Labute approximate surface area is 81.7 Å². The molecule has 2 N–H and O–H groups in total. The molecule has 0 saturated heterocycles. The second-order valence-electron chi connectivity index (χ2n) is 4.65. The van der Waals surface area contributed by atoms with E-state index in [-0.39, 0.29) is 6.10 Å². The third-order valence-corrected chi connectivity index (χ3v) is 2.80. The molecule has 0 aliphatic heterocycles. The van der Waals surface area contributed by atoms with E-state index in [1.54, 1.807) is 0 Å². The second-order valence-corrected chi connectivity index (χ2v) is 4.65. The van der Waals surface area contributed by atoms with Gasteiger partial charge in [0.1, 0.15) is 0 Å². The SMILES string of the molecule is CC(C)CCNC1CCCC(O)C1. The molecule has 0 spiro atoms. The van der Waals surface area contributed by atoms with Crippen LogP contribution in [0.2, 0.25) is 0 Å². The average molecular weight is 185 g/mol. The minimum absolute atomic E-state index is 0.0506. The summed E-state index contributed by atoms with van der Waals surface area (Å²) in [5.74, 6) is 0.779. The number of aliphatic hydroxyl groups excluding tert-OH is 1. The van der Waals surface area contributed by atoms with Crippen molar-refractivity contribution in [2.75, 3.05) is 6.54 Å². The third-order valence-electron chi connectivity index (χ3n) is 2.80. The van der Waals surface area contributed by atoms with Crippen LogP contribution in [0.3, 0.4) is 0 Å². The summed E-state index contributed by atoms with van der Waals surface area (Å²) >= 11 is 0. The standard InChI is InChI=1S/C11H23NO/c1-9(2)6-7-12-10-4-3-5-11(13)8-10/h9-13H,3-8H2,1-2H3. The van der Waals surface area contributed by atoms with Gasteiger partial charge in [-0.2, -0.15) is 0 Å². The molecule has 2 heteroatoms. The highest BCUT2D eigenvalue weighted by molar-refractivity contribution is 4.77. The van der Waals surface area contributed by atoms with Gasteiger partial charge in [-0.25, -0.2) is 0 Å². The van der Waals surface area contributed by atoms with Gasteiger partial charge in [0.25, 0.3) is 0 Å². The molecule has 0 amide bonds. The van der Waals surface area contributed by atoms with Crippen molar-refractivity contribution in [3.8, 4) is 0 Å². The zero-order chi connectivity index (χ0) is 9.68. The van der Waals surface area contributed by atoms with Crippen LogP contribution in [-0.4, -0.2) is 23.8 Å². The number of nitrogens with one attached hydrogen (secondary N) is 1. The topological polar surface area (TPSA) is 32.3 Å². The van der Waals surface area contributed by atoms with Crippen molar-refractivity contribution in [1.29, 1.82) is 0 Å². The number of hydrogen-bond donors (Lipinski definition) is 2. The van der Waals surface area contributed by atoms with E-state index < -0.39 is 0 Å². The maximum Gasteiger partial charge on any atom is 0.0555 e. The minimum atomic E-state index is -0.0506. The summed E-state index contributed by atoms with van der Waals surface area (Å²) in [5, 5.41) is 13.0. The summed E-state index contributed by atoms with van der Waals surface area (Å²) in [5.41, 5.74) is 0. The Balaban J connectivity index is 2.06. The number of aliphatic hydroxyl groups is 1. The Hall–Kier alpha value is -0.0800. The molecule has 1 saturated carbocycles. The zero-order valence-electron chi connectivity index (χ0n) is 8.92. The first-order chi connectivity index (χ1) is 6.18.